The molecule has 13 heteroatoms. The SMILES string of the molecule is CC(=O)N1CCN(c2cc(-c3cc(C(F)(F)F)c4c(N)ncnn34)ccc2C(=O)NC2CC2)C(=O)C1(C)C. The number of rotatable bonds is 4. The molecule has 38 heavy (non-hydrogen) atoms. The number of halogens is 3. The number of anilines is 2. The molecule has 1 saturated carbocycles. The predicted molar refractivity (Wildman–Crippen MR) is 132 cm³/mol. The number of aromatic nitrogens is 3. The average molecular weight is 530 g/mol. The van der Waals surface area contributed by atoms with Crippen LogP contribution in [0.25, 0.3) is 16.8 Å². The quantitative estimate of drug-likeness (QED) is 0.535. The van der Waals surface area contributed by atoms with Crippen LogP contribution in [0.4, 0.5) is 24.7 Å². The standard InChI is InChI=1S/C25H26F3N7O3/c1-13(36)34-9-8-33(23(38)24(34,2)3)19-10-14(4-7-16(19)22(37)32-15-5-6-15)18-11-17(25(26,27)28)20-21(29)30-12-31-35(18)20/h4,7,10-12,15H,5-6,8-9H2,1-3H3,(H,32,37)(H2,29,30,31). The lowest BCUT2D eigenvalue weighted by molar-refractivity contribution is -0.145. The van der Waals surface area contributed by atoms with Crippen LogP contribution in [0.2, 0.25) is 0 Å². The van der Waals surface area contributed by atoms with E-state index in [9.17, 15) is 27.6 Å². The van der Waals surface area contributed by atoms with Gasteiger partial charge in [0, 0.05) is 31.6 Å². The molecule has 10 nitrogen and oxygen atoms in total. The Morgan fingerprint density at radius 1 is 1.16 bits per heavy atom. The lowest BCUT2D eigenvalue weighted by Crippen LogP contribution is -2.64. The number of carbonyl (C=O) groups excluding carboxylic acids is 3. The van der Waals surface area contributed by atoms with Crippen molar-refractivity contribution in [2.24, 2.45) is 0 Å². The van der Waals surface area contributed by atoms with Gasteiger partial charge in [0.15, 0.2) is 5.82 Å². The van der Waals surface area contributed by atoms with Gasteiger partial charge in [-0.2, -0.15) is 18.3 Å². The maximum Gasteiger partial charge on any atom is 0.418 e. The van der Waals surface area contributed by atoms with Crippen LogP contribution in [0.5, 0.6) is 0 Å². The van der Waals surface area contributed by atoms with Crippen molar-refractivity contribution >= 4 is 34.7 Å². The first-order valence-corrected chi connectivity index (χ1v) is 12.1. The van der Waals surface area contributed by atoms with Gasteiger partial charge in [0.1, 0.15) is 17.4 Å². The van der Waals surface area contributed by atoms with Crippen LogP contribution in [-0.4, -0.2) is 61.9 Å². The Morgan fingerprint density at radius 2 is 1.87 bits per heavy atom. The second kappa shape index (κ2) is 8.71. The van der Waals surface area contributed by atoms with E-state index in [-0.39, 0.29) is 58.9 Å². The van der Waals surface area contributed by atoms with E-state index < -0.39 is 29.1 Å². The fourth-order valence-corrected chi connectivity index (χ4v) is 4.89. The molecule has 2 fully saturated rings. The molecule has 0 radical (unpaired) electrons. The summed E-state index contributed by atoms with van der Waals surface area (Å²) in [5.41, 5.74) is 3.97. The van der Waals surface area contributed by atoms with Crippen LogP contribution in [0.3, 0.4) is 0 Å². The summed E-state index contributed by atoms with van der Waals surface area (Å²) in [4.78, 5) is 45.5. The summed E-state index contributed by atoms with van der Waals surface area (Å²) in [5.74, 6) is -1.41. The van der Waals surface area contributed by atoms with Crippen molar-refractivity contribution in [3.05, 3.63) is 41.7 Å². The number of fused-ring (bicyclic) bond motifs is 1. The first-order chi connectivity index (χ1) is 17.8. The highest BCUT2D eigenvalue weighted by Gasteiger charge is 2.44. The largest absolute Gasteiger partial charge is 0.418 e. The molecule has 200 valence electrons. The maximum absolute atomic E-state index is 13.9. The van der Waals surface area contributed by atoms with Gasteiger partial charge >= 0.3 is 6.18 Å². The topological polar surface area (TPSA) is 126 Å². The molecule has 3 amide bonds. The van der Waals surface area contributed by atoms with E-state index in [2.05, 4.69) is 15.4 Å². The van der Waals surface area contributed by atoms with Crippen molar-refractivity contribution in [3.63, 3.8) is 0 Å². The summed E-state index contributed by atoms with van der Waals surface area (Å²) >= 11 is 0. The Morgan fingerprint density at radius 3 is 2.50 bits per heavy atom. The molecule has 2 aliphatic rings. The number of piperazine rings is 1. The van der Waals surface area contributed by atoms with E-state index in [4.69, 9.17) is 5.73 Å². The number of nitrogens with one attached hydrogen (secondary N) is 1. The number of alkyl halides is 3. The number of hydrogen-bond donors (Lipinski definition) is 2. The van der Waals surface area contributed by atoms with Gasteiger partial charge in [-0.1, -0.05) is 6.07 Å². The fraction of sp³-hybridized carbons (Fsp3) is 0.400. The normalized spacial score (nSPS) is 17.7. The molecule has 2 aromatic heterocycles. The highest BCUT2D eigenvalue weighted by atomic mass is 19.4. The Balaban J connectivity index is 1.67. The second-order valence-corrected chi connectivity index (χ2v) is 10.0. The summed E-state index contributed by atoms with van der Waals surface area (Å²) in [7, 11) is 0. The third-order valence-electron chi connectivity index (χ3n) is 7.00. The minimum Gasteiger partial charge on any atom is -0.382 e. The molecule has 3 N–H and O–H groups in total. The van der Waals surface area contributed by atoms with Crippen LogP contribution in [0.15, 0.2) is 30.6 Å². The van der Waals surface area contributed by atoms with Crippen LogP contribution >= 0.6 is 0 Å². The van der Waals surface area contributed by atoms with Crippen molar-refractivity contribution in [1.82, 2.24) is 24.8 Å². The first kappa shape index (κ1) is 25.5. The van der Waals surface area contributed by atoms with Crippen molar-refractivity contribution in [1.29, 1.82) is 0 Å². The highest BCUT2D eigenvalue weighted by molar-refractivity contribution is 6.09. The van der Waals surface area contributed by atoms with Gasteiger partial charge in [0.25, 0.3) is 11.8 Å². The van der Waals surface area contributed by atoms with Crippen LogP contribution < -0.4 is 16.0 Å². The molecule has 0 spiro atoms. The Bertz CT molecular complexity index is 1480. The molecule has 1 aliphatic heterocycles. The molecule has 0 unspecified atom stereocenters. The van der Waals surface area contributed by atoms with Crippen molar-refractivity contribution in [3.8, 4) is 11.3 Å². The Labute approximate surface area is 215 Å². The smallest absolute Gasteiger partial charge is 0.382 e. The molecular formula is C25H26F3N7O3. The van der Waals surface area contributed by atoms with E-state index in [1.165, 1.54) is 34.9 Å². The van der Waals surface area contributed by atoms with E-state index in [0.717, 1.165) is 29.8 Å². The second-order valence-electron chi connectivity index (χ2n) is 10.0. The zero-order chi connectivity index (χ0) is 27.6. The Kier molecular flexibility index (Phi) is 5.84. The van der Waals surface area contributed by atoms with E-state index in [1.807, 2.05) is 0 Å². The van der Waals surface area contributed by atoms with Crippen molar-refractivity contribution in [2.75, 3.05) is 23.7 Å². The maximum atomic E-state index is 13.9. The number of nitrogen functional groups attached to an aromatic ring is 1. The number of nitrogens with two attached hydrogens (primary N) is 1. The molecular weight excluding hydrogens is 503 g/mol. The number of benzene rings is 1. The molecule has 0 bridgehead atoms. The molecule has 3 heterocycles. The van der Waals surface area contributed by atoms with Gasteiger partial charge in [0.2, 0.25) is 5.91 Å². The van der Waals surface area contributed by atoms with Gasteiger partial charge < -0.3 is 20.9 Å². The van der Waals surface area contributed by atoms with Crippen LogP contribution in [0.1, 0.15) is 49.5 Å². The number of amides is 3. The summed E-state index contributed by atoms with van der Waals surface area (Å²) in [6.45, 7) is 4.94. The van der Waals surface area contributed by atoms with Crippen LogP contribution in [-0.2, 0) is 15.8 Å². The fourth-order valence-electron chi connectivity index (χ4n) is 4.89. The molecule has 5 rings (SSSR count). The average Bonchev–Trinajstić information content (AvgIpc) is 3.55. The van der Waals surface area contributed by atoms with E-state index in [1.54, 1.807) is 13.8 Å². The molecule has 1 aliphatic carbocycles. The molecule has 0 atom stereocenters. The van der Waals surface area contributed by atoms with Crippen molar-refractivity contribution < 1.29 is 27.6 Å². The summed E-state index contributed by atoms with van der Waals surface area (Å²) in [5, 5.41) is 6.89. The number of carbonyl (C=O) groups is 3. The van der Waals surface area contributed by atoms with Gasteiger partial charge in [-0.3, -0.25) is 14.4 Å². The first-order valence-electron chi connectivity index (χ1n) is 12.1. The highest BCUT2D eigenvalue weighted by Crippen LogP contribution is 2.40. The van der Waals surface area contributed by atoms with Gasteiger partial charge in [0.05, 0.1) is 22.5 Å². The lowest BCUT2D eigenvalue weighted by Gasteiger charge is -2.45. The molecule has 3 aromatic rings. The van der Waals surface area contributed by atoms with Crippen molar-refractivity contribution in [2.45, 2.75) is 51.4 Å². The number of nitrogens with zero attached hydrogens (tertiary/aromatic N) is 5. The monoisotopic (exact) mass is 529 g/mol. The minimum absolute atomic E-state index is 0.0420. The number of hydrogen-bond acceptors (Lipinski definition) is 6. The third kappa shape index (κ3) is 4.21. The van der Waals surface area contributed by atoms with Gasteiger partial charge in [-0.15, -0.1) is 0 Å². The summed E-state index contributed by atoms with van der Waals surface area (Å²) in [6.07, 6.45) is -1.98. The summed E-state index contributed by atoms with van der Waals surface area (Å²) < 4.78 is 42.7. The van der Waals surface area contributed by atoms with Gasteiger partial charge in [-0.05, 0) is 44.9 Å². The molecule has 1 aromatic carbocycles. The van der Waals surface area contributed by atoms with E-state index >= 15 is 0 Å². The zero-order valence-corrected chi connectivity index (χ0v) is 21.0. The van der Waals surface area contributed by atoms with Gasteiger partial charge in [-0.25, -0.2) is 9.50 Å². The van der Waals surface area contributed by atoms with Crippen LogP contribution in [0, 0.1) is 0 Å². The van der Waals surface area contributed by atoms with E-state index in [0.29, 0.717) is 0 Å². The minimum atomic E-state index is -4.72. The third-order valence-corrected chi connectivity index (χ3v) is 7.00. The lowest BCUT2D eigenvalue weighted by atomic mass is 9.95. The summed E-state index contributed by atoms with van der Waals surface area (Å²) in [6, 6.07) is 5.45. The Hall–Kier alpha value is -4.16. The molecule has 1 saturated heterocycles. The predicted octanol–water partition coefficient (Wildman–Crippen LogP) is 2.86. The zero-order valence-electron chi connectivity index (χ0n) is 21.0.